The molecular formula is C26H19BrN2O8. The van der Waals surface area contributed by atoms with Crippen LogP contribution in [0.4, 0.5) is 11.4 Å². The molecule has 1 saturated heterocycles. The maximum atomic E-state index is 12.5. The highest BCUT2D eigenvalue weighted by atomic mass is 79.9. The molecule has 0 N–H and O–H groups in total. The third-order valence-electron chi connectivity index (χ3n) is 5.62. The van der Waals surface area contributed by atoms with E-state index >= 15 is 0 Å². The van der Waals surface area contributed by atoms with Gasteiger partial charge in [0.25, 0.3) is 5.69 Å². The molecule has 10 nitrogen and oxygen atoms in total. The monoisotopic (exact) mass is 566 g/mol. The van der Waals surface area contributed by atoms with E-state index < -0.39 is 35.2 Å². The molecule has 0 unspecified atom stereocenters. The highest BCUT2D eigenvalue weighted by molar-refractivity contribution is 9.10. The molecule has 0 saturated carbocycles. The maximum Gasteiger partial charge on any atom is 0.343 e. The second-order valence-electron chi connectivity index (χ2n) is 8.13. The molecule has 0 aromatic heterocycles. The summed E-state index contributed by atoms with van der Waals surface area (Å²) in [5, 5.41) is 11.0. The van der Waals surface area contributed by atoms with Crippen LogP contribution in [0, 0.1) is 16.0 Å². The summed E-state index contributed by atoms with van der Waals surface area (Å²) in [5.74, 6) is -2.67. The fourth-order valence-corrected chi connectivity index (χ4v) is 3.95. The van der Waals surface area contributed by atoms with Crippen molar-refractivity contribution in [3.63, 3.8) is 0 Å². The van der Waals surface area contributed by atoms with Gasteiger partial charge in [0.1, 0.15) is 5.75 Å². The number of ketones is 1. The number of non-ortho nitro benzene ring substituents is 1. The lowest BCUT2D eigenvalue weighted by molar-refractivity contribution is -0.384. The summed E-state index contributed by atoms with van der Waals surface area (Å²) in [7, 11) is 0. The number of hydrogen-bond acceptors (Lipinski definition) is 8. The summed E-state index contributed by atoms with van der Waals surface area (Å²) in [5.41, 5.74) is 0.754. The molecule has 1 aliphatic heterocycles. The van der Waals surface area contributed by atoms with E-state index in [0.29, 0.717) is 11.3 Å². The Bertz CT molecular complexity index is 1370. The Morgan fingerprint density at radius 1 is 1.00 bits per heavy atom. The predicted molar refractivity (Wildman–Crippen MR) is 134 cm³/mol. The number of nitrogens with zero attached hydrogens (tertiary/aromatic N) is 2. The van der Waals surface area contributed by atoms with E-state index in [4.69, 9.17) is 9.47 Å². The zero-order valence-electron chi connectivity index (χ0n) is 19.2. The van der Waals surface area contributed by atoms with Gasteiger partial charge in [-0.2, -0.15) is 0 Å². The second kappa shape index (κ2) is 11.1. The molecule has 37 heavy (non-hydrogen) atoms. The van der Waals surface area contributed by atoms with E-state index in [1.54, 1.807) is 30.3 Å². The molecule has 3 aromatic carbocycles. The largest absolute Gasteiger partial charge is 0.457 e. The van der Waals surface area contributed by atoms with Crippen molar-refractivity contribution >= 4 is 50.9 Å². The summed E-state index contributed by atoms with van der Waals surface area (Å²) in [6, 6.07) is 18.0. The molecule has 3 aromatic rings. The Kier molecular flexibility index (Phi) is 7.73. The number of nitro groups is 1. The van der Waals surface area contributed by atoms with Gasteiger partial charge in [0.2, 0.25) is 5.91 Å². The number of esters is 2. The number of amides is 1. The van der Waals surface area contributed by atoms with Crippen molar-refractivity contribution in [3.05, 3.63) is 98.5 Å². The van der Waals surface area contributed by atoms with Gasteiger partial charge in [-0.1, -0.05) is 22.0 Å². The lowest BCUT2D eigenvalue weighted by Gasteiger charge is -2.16. The summed E-state index contributed by atoms with van der Waals surface area (Å²) < 4.78 is 11.3. The van der Waals surface area contributed by atoms with Crippen LogP contribution in [0.2, 0.25) is 0 Å². The third-order valence-corrected chi connectivity index (χ3v) is 6.15. The number of hydrogen-bond donors (Lipinski definition) is 0. The summed E-state index contributed by atoms with van der Waals surface area (Å²) in [4.78, 5) is 61.3. The van der Waals surface area contributed by atoms with Crippen LogP contribution in [0.5, 0.6) is 5.75 Å². The number of halogens is 1. The number of carbonyl (C=O) groups is 4. The van der Waals surface area contributed by atoms with Crippen molar-refractivity contribution < 1.29 is 33.6 Å². The molecule has 11 heteroatoms. The Balaban J connectivity index is 1.30. The Labute approximate surface area is 219 Å². The van der Waals surface area contributed by atoms with Crippen molar-refractivity contribution in [2.24, 2.45) is 5.92 Å². The van der Waals surface area contributed by atoms with Crippen LogP contribution in [0.1, 0.15) is 27.1 Å². The second-order valence-corrected chi connectivity index (χ2v) is 9.05. The number of rotatable bonds is 8. The van der Waals surface area contributed by atoms with Gasteiger partial charge in [0.15, 0.2) is 12.4 Å². The van der Waals surface area contributed by atoms with Crippen molar-refractivity contribution in [1.82, 2.24) is 0 Å². The quantitative estimate of drug-likeness (QED) is 0.129. The normalized spacial score (nSPS) is 14.8. The van der Waals surface area contributed by atoms with E-state index in [2.05, 4.69) is 15.9 Å². The molecule has 1 heterocycles. The molecule has 188 valence electrons. The van der Waals surface area contributed by atoms with Crippen molar-refractivity contribution in [2.45, 2.75) is 6.42 Å². The number of ether oxygens (including phenoxy) is 2. The molecule has 0 bridgehead atoms. The van der Waals surface area contributed by atoms with Gasteiger partial charge in [0.05, 0.1) is 22.1 Å². The zero-order valence-corrected chi connectivity index (χ0v) is 20.8. The Morgan fingerprint density at radius 3 is 2.35 bits per heavy atom. The molecule has 0 radical (unpaired) electrons. The molecule has 1 amide bonds. The first-order chi connectivity index (χ1) is 17.7. The molecular weight excluding hydrogens is 548 g/mol. The predicted octanol–water partition coefficient (Wildman–Crippen LogP) is 4.36. The fourth-order valence-electron chi connectivity index (χ4n) is 3.69. The first-order valence-corrected chi connectivity index (χ1v) is 11.8. The number of nitro benzene ring substituents is 1. The van der Waals surface area contributed by atoms with E-state index in [9.17, 15) is 29.3 Å². The Hall–Kier alpha value is -4.38. The van der Waals surface area contributed by atoms with E-state index in [-0.39, 0.29) is 35.9 Å². The van der Waals surface area contributed by atoms with Gasteiger partial charge < -0.3 is 14.4 Å². The average molecular weight is 567 g/mol. The van der Waals surface area contributed by atoms with Gasteiger partial charge in [-0.15, -0.1) is 0 Å². The molecule has 1 atom stereocenters. The van der Waals surface area contributed by atoms with Crippen LogP contribution in [0.25, 0.3) is 0 Å². The molecule has 1 fully saturated rings. The number of anilines is 1. The lowest BCUT2D eigenvalue weighted by atomic mass is 10.1. The van der Waals surface area contributed by atoms with Crippen molar-refractivity contribution in [1.29, 1.82) is 0 Å². The minimum absolute atomic E-state index is 0.00848. The molecule has 0 spiro atoms. The van der Waals surface area contributed by atoms with Crippen molar-refractivity contribution in [2.75, 3.05) is 18.1 Å². The van der Waals surface area contributed by atoms with Crippen LogP contribution in [-0.4, -0.2) is 41.7 Å². The molecule has 0 aliphatic carbocycles. The lowest BCUT2D eigenvalue weighted by Crippen LogP contribution is -2.27. The van der Waals surface area contributed by atoms with E-state index in [1.807, 2.05) is 0 Å². The highest BCUT2D eigenvalue weighted by Crippen LogP contribution is 2.28. The zero-order chi connectivity index (χ0) is 26.5. The molecule has 1 aliphatic rings. The van der Waals surface area contributed by atoms with Gasteiger partial charge in [0, 0.05) is 35.1 Å². The van der Waals surface area contributed by atoms with Crippen LogP contribution >= 0.6 is 15.9 Å². The van der Waals surface area contributed by atoms with Gasteiger partial charge in [-0.05, 0) is 54.6 Å². The smallest absolute Gasteiger partial charge is 0.343 e. The number of carbonyl (C=O) groups excluding carboxylic acids is 4. The van der Waals surface area contributed by atoms with Crippen molar-refractivity contribution in [3.8, 4) is 5.75 Å². The van der Waals surface area contributed by atoms with E-state index in [0.717, 1.165) is 4.47 Å². The first-order valence-electron chi connectivity index (χ1n) is 11.0. The van der Waals surface area contributed by atoms with Crippen LogP contribution in [-0.2, 0) is 14.3 Å². The minimum atomic E-state index is -0.806. The third kappa shape index (κ3) is 6.25. The maximum absolute atomic E-state index is 12.5. The Morgan fingerprint density at radius 2 is 1.68 bits per heavy atom. The standard InChI is InChI=1S/C26H19BrN2O8/c27-19-8-4-17(5-9-19)26(33)37-22-10-6-16(7-11-22)23(30)15-36-25(32)18-12-24(31)28(14-18)20-2-1-3-21(13-20)29(34)35/h1-11,13,18H,12,14-15H2/t18-/m0/s1. The van der Waals surface area contributed by atoms with Gasteiger partial charge in [-0.25, -0.2) is 4.79 Å². The number of Topliss-reactive ketones (excluding diaryl/α,β-unsaturated/α-hetero) is 1. The SMILES string of the molecule is O=C(COC(=O)[C@H]1CC(=O)N(c2cccc([N+](=O)[O-])c2)C1)c1ccc(OC(=O)c2ccc(Br)cc2)cc1. The minimum Gasteiger partial charge on any atom is -0.457 e. The topological polar surface area (TPSA) is 133 Å². The highest BCUT2D eigenvalue weighted by Gasteiger charge is 2.36. The molecule has 4 rings (SSSR count). The summed E-state index contributed by atoms with van der Waals surface area (Å²) in [6.45, 7) is -0.538. The number of benzene rings is 3. The first kappa shape index (κ1) is 25.7. The van der Waals surface area contributed by atoms with E-state index in [1.165, 1.54) is 47.4 Å². The fraction of sp³-hybridized carbons (Fsp3) is 0.154. The van der Waals surface area contributed by atoms with Gasteiger partial charge in [-0.3, -0.25) is 24.5 Å². The summed E-state index contributed by atoms with van der Waals surface area (Å²) >= 11 is 3.29. The average Bonchev–Trinajstić information content (AvgIpc) is 3.29. The van der Waals surface area contributed by atoms with Gasteiger partial charge >= 0.3 is 11.9 Å². The van der Waals surface area contributed by atoms with Crippen LogP contribution in [0.15, 0.2) is 77.3 Å². The summed E-state index contributed by atoms with van der Waals surface area (Å²) in [6.07, 6.45) is -0.131. The van der Waals surface area contributed by atoms with Crippen LogP contribution in [0.3, 0.4) is 0 Å². The van der Waals surface area contributed by atoms with Crippen LogP contribution < -0.4 is 9.64 Å².